The van der Waals surface area contributed by atoms with Crippen molar-refractivity contribution in [2.24, 2.45) is 0 Å². The molecule has 1 aliphatic heterocycles. The van der Waals surface area contributed by atoms with Crippen molar-refractivity contribution in [2.45, 2.75) is 31.5 Å². The summed E-state index contributed by atoms with van der Waals surface area (Å²) in [6, 6.07) is 4.43. The summed E-state index contributed by atoms with van der Waals surface area (Å²) in [5, 5.41) is 11.1. The second kappa shape index (κ2) is 8.70. The van der Waals surface area contributed by atoms with Crippen LogP contribution in [-0.4, -0.2) is 46.1 Å². The molecule has 0 bridgehead atoms. The Morgan fingerprint density at radius 1 is 1.34 bits per heavy atom. The minimum atomic E-state index is -4.50. The van der Waals surface area contributed by atoms with Gasteiger partial charge in [-0.3, -0.25) is 4.79 Å². The smallest absolute Gasteiger partial charge is 0.416 e. The number of carboxylic acid groups (broad SMARTS) is 1. The van der Waals surface area contributed by atoms with E-state index in [1.165, 1.54) is 12.1 Å². The number of alkyl halides is 3. The molecule has 1 aliphatic rings. The first-order valence-electron chi connectivity index (χ1n) is 8.78. The van der Waals surface area contributed by atoms with Crippen LogP contribution in [-0.2, 0) is 6.18 Å². The van der Waals surface area contributed by atoms with Crippen LogP contribution in [0, 0.1) is 0 Å². The molecule has 0 aliphatic carbocycles. The molecule has 1 aromatic heterocycles. The van der Waals surface area contributed by atoms with E-state index in [0.29, 0.717) is 21.8 Å². The van der Waals surface area contributed by atoms with E-state index in [4.69, 9.17) is 5.11 Å². The van der Waals surface area contributed by atoms with Gasteiger partial charge in [0.2, 0.25) is 0 Å². The molecule has 1 saturated heterocycles. The predicted molar refractivity (Wildman–Crippen MR) is 105 cm³/mol. The molecule has 2 amide bonds. The molecule has 1 aromatic carbocycles. The van der Waals surface area contributed by atoms with Gasteiger partial charge in [0, 0.05) is 19.1 Å². The van der Waals surface area contributed by atoms with Crippen LogP contribution in [0.3, 0.4) is 0 Å². The lowest BCUT2D eigenvalue weighted by Gasteiger charge is -2.35. The van der Waals surface area contributed by atoms with Gasteiger partial charge in [-0.15, -0.1) is 11.3 Å². The molecule has 0 saturated carbocycles. The Labute approximate surface area is 176 Å². The van der Waals surface area contributed by atoms with Crippen molar-refractivity contribution < 1.29 is 27.9 Å². The number of carbonyl (C=O) groups excluding carboxylic acids is 1. The fraction of sp³-hybridized carbons (Fsp3) is 0.389. The number of hydrogen-bond donors (Lipinski definition) is 2. The summed E-state index contributed by atoms with van der Waals surface area (Å²) < 4.78 is 39.6. The van der Waals surface area contributed by atoms with Gasteiger partial charge in [-0.25, -0.2) is 9.78 Å². The number of thiazole rings is 1. The number of nitrogens with one attached hydrogen (secondary N) is 1. The summed E-state index contributed by atoms with van der Waals surface area (Å²) in [7, 11) is 0. The van der Waals surface area contributed by atoms with Gasteiger partial charge in [-0.2, -0.15) is 13.2 Å². The van der Waals surface area contributed by atoms with E-state index in [0.717, 1.165) is 36.3 Å². The van der Waals surface area contributed by atoms with Crippen LogP contribution in [0.15, 0.2) is 28.2 Å². The molecule has 2 heterocycles. The molecule has 0 unspecified atom stereocenters. The highest BCUT2D eigenvalue weighted by molar-refractivity contribution is 9.11. The van der Waals surface area contributed by atoms with Crippen molar-refractivity contribution in [3.05, 3.63) is 39.4 Å². The average Bonchev–Trinajstić information content (AvgIpc) is 3.07. The standard InChI is InChI=1S/C18H17BrF3N3O3S/c19-16-24-13(14(29-16)10-4-3-5-11(8-10)18(20,21)22)15(26)25-7-2-1-6-12(25)9-23-17(27)28/h3-5,8,12,23H,1-2,6-7,9H2,(H,27,28)/t12-/m0/s1. The molecule has 1 atom stereocenters. The molecule has 2 aromatic rings. The Bertz CT molecular complexity index is 919. The summed E-state index contributed by atoms with van der Waals surface area (Å²) in [5.74, 6) is -0.420. The third-order valence-electron chi connectivity index (χ3n) is 4.63. The first-order chi connectivity index (χ1) is 13.7. The van der Waals surface area contributed by atoms with E-state index < -0.39 is 23.7 Å². The van der Waals surface area contributed by atoms with Crippen molar-refractivity contribution >= 4 is 39.3 Å². The molecular formula is C18H17BrF3N3O3S. The number of likely N-dealkylation sites (tertiary alicyclic amines) is 1. The molecular weight excluding hydrogens is 475 g/mol. The fourth-order valence-corrected chi connectivity index (χ4v) is 4.74. The van der Waals surface area contributed by atoms with Crippen molar-refractivity contribution in [3.63, 3.8) is 0 Å². The van der Waals surface area contributed by atoms with E-state index in [2.05, 4.69) is 26.2 Å². The van der Waals surface area contributed by atoms with Gasteiger partial charge in [0.1, 0.15) is 5.69 Å². The molecule has 11 heteroatoms. The first kappa shape index (κ1) is 21.6. The minimum Gasteiger partial charge on any atom is -0.465 e. The lowest BCUT2D eigenvalue weighted by molar-refractivity contribution is -0.137. The summed E-state index contributed by atoms with van der Waals surface area (Å²) in [5.41, 5.74) is -0.494. The number of halogens is 4. The molecule has 156 valence electrons. The van der Waals surface area contributed by atoms with Gasteiger partial charge in [0.25, 0.3) is 5.91 Å². The number of nitrogens with zero attached hydrogens (tertiary/aromatic N) is 2. The zero-order valence-corrected chi connectivity index (χ0v) is 17.4. The second-order valence-electron chi connectivity index (χ2n) is 6.56. The topological polar surface area (TPSA) is 82.5 Å². The molecule has 3 rings (SSSR count). The van der Waals surface area contributed by atoms with Gasteiger partial charge in [0.05, 0.1) is 10.4 Å². The third-order valence-corrected chi connectivity index (χ3v) is 6.19. The number of hydrogen-bond acceptors (Lipinski definition) is 4. The highest BCUT2D eigenvalue weighted by Crippen LogP contribution is 2.37. The van der Waals surface area contributed by atoms with E-state index in [9.17, 15) is 22.8 Å². The maximum Gasteiger partial charge on any atom is 0.416 e. The normalized spacial score (nSPS) is 17.2. The maximum atomic E-state index is 13.2. The van der Waals surface area contributed by atoms with Crippen LogP contribution in [0.1, 0.15) is 35.3 Å². The maximum absolute atomic E-state index is 13.2. The lowest BCUT2D eigenvalue weighted by Crippen LogP contribution is -2.49. The SMILES string of the molecule is O=C(O)NC[C@@H]1CCCCN1C(=O)c1nc(Br)sc1-c1cccc(C(F)(F)F)c1. The van der Waals surface area contributed by atoms with Crippen LogP contribution < -0.4 is 5.32 Å². The Hall–Kier alpha value is -2.14. The van der Waals surface area contributed by atoms with Crippen LogP contribution in [0.25, 0.3) is 10.4 Å². The summed E-state index contributed by atoms with van der Waals surface area (Å²) in [6.07, 6.45) is -3.42. The molecule has 2 N–H and O–H groups in total. The fourth-order valence-electron chi connectivity index (χ4n) is 3.29. The Morgan fingerprint density at radius 2 is 2.10 bits per heavy atom. The quantitative estimate of drug-likeness (QED) is 0.639. The average molecular weight is 492 g/mol. The molecule has 1 fully saturated rings. The lowest BCUT2D eigenvalue weighted by atomic mass is 10.0. The Morgan fingerprint density at radius 3 is 2.79 bits per heavy atom. The zero-order chi connectivity index (χ0) is 21.2. The van der Waals surface area contributed by atoms with Crippen LogP contribution >= 0.6 is 27.3 Å². The van der Waals surface area contributed by atoms with Crippen LogP contribution in [0.5, 0.6) is 0 Å². The number of aromatic nitrogens is 1. The van der Waals surface area contributed by atoms with Crippen LogP contribution in [0.2, 0.25) is 0 Å². The monoisotopic (exact) mass is 491 g/mol. The largest absolute Gasteiger partial charge is 0.465 e. The predicted octanol–water partition coefficient (Wildman–Crippen LogP) is 4.85. The van der Waals surface area contributed by atoms with Crippen molar-refractivity contribution in [1.82, 2.24) is 15.2 Å². The van der Waals surface area contributed by atoms with Crippen LogP contribution in [0.4, 0.5) is 18.0 Å². The van der Waals surface area contributed by atoms with Gasteiger partial charge >= 0.3 is 12.3 Å². The summed E-state index contributed by atoms with van der Waals surface area (Å²) in [4.78, 5) is 30.1. The molecule has 29 heavy (non-hydrogen) atoms. The number of benzene rings is 1. The number of carbonyl (C=O) groups is 2. The molecule has 0 spiro atoms. The summed E-state index contributed by atoms with van der Waals surface area (Å²) in [6.45, 7) is 0.521. The van der Waals surface area contributed by atoms with Crippen molar-refractivity contribution in [1.29, 1.82) is 0 Å². The highest BCUT2D eigenvalue weighted by atomic mass is 79.9. The number of amides is 2. The van der Waals surface area contributed by atoms with E-state index in [1.807, 2.05) is 0 Å². The highest BCUT2D eigenvalue weighted by Gasteiger charge is 2.33. The second-order valence-corrected chi connectivity index (χ2v) is 8.83. The Kier molecular flexibility index (Phi) is 6.47. The van der Waals surface area contributed by atoms with Gasteiger partial charge < -0.3 is 15.3 Å². The minimum absolute atomic E-state index is 0.0587. The van der Waals surface area contributed by atoms with Crippen molar-refractivity contribution in [2.75, 3.05) is 13.1 Å². The molecule has 0 radical (unpaired) electrons. The van der Waals surface area contributed by atoms with Gasteiger partial charge in [-0.05, 0) is 52.9 Å². The summed E-state index contributed by atoms with van der Waals surface area (Å²) >= 11 is 4.30. The van der Waals surface area contributed by atoms with Gasteiger partial charge in [0.15, 0.2) is 3.92 Å². The van der Waals surface area contributed by atoms with Crippen molar-refractivity contribution in [3.8, 4) is 10.4 Å². The first-order valence-corrected chi connectivity index (χ1v) is 10.4. The zero-order valence-electron chi connectivity index (χ0n) is 15.0. The van der Waals surface area contributed by atoms with E-state index >= 15 is 0 Å². The van der Waals surface area contributed by atoms with E-state index in [-0.39, 0.29) is 23.8 Å². The van der Waals surface area contributed by atoms with E-state index in [1.54, 1.807) is 4.90 Å². The third kappa shape index (κ3) is 5.08. The molecule has 6 nitrogen and oxygen atoms in total. The number of piperidine rings is 1. The number of rotatable bonds is 4. The van der Waals surface area contributed by atoms with Gasteiger partial charge in [-0.1, -0.05) is 12.1 Å². The Balaban J connectivity index is 1.93.